The Morgan fingerprint density at radius 2 is 0.891 bits per heavy atom. The van der Waals surface area contributed by atoms with Gasteiger partial charge in [0.05, 0.1) is 0 Å². The summed E-state index contributed by atoms with van der Waals surface area (Å²) in [5, 5.41) is 0. The molecule has 0 radical (unpaired) electrons. The zero-order chi connectivity index (χ0) is 33.4. The zero-order valence-electron chi connectivity index (χ0n) is 30.2. The number of benzene rings is 4. The van der Waals surface area contributed by atoms with E-state index in [1.54, 1.807) is 0 Å². The second-order valence-corrected chi connectivity index (χ2v) is 71.6. The van der Waals surface area contributed by atoms with E-state index in [1.165, 1.54) is 55.6 Å². The van der Waals surface area contributed by atoms with Crippen LogP contribution in [-0.4, -0.2) is 4.26 Å². The van der Waals surface area contributed by atoms with Gasteiger partial charge in [0.15, 0.2) is 0 Å². The molecule has 0 saturated carbocycles. The van der Waals surface area contributed by atoms with E-state index in [-0.39, 0.29) is 10.8 Å². The monoisotopic (exact) mass is 776 g/mol. The molecule has 0 saturated heterocycles. The van der Waals surface area contributed by atoms with Crippen LogP contribution in [0, 0.1) is 0 Å². The summed E-state index contributed by atoms with van der Waals surface area (Å²) in [6.45, 7) is 18.6. The molecule has 0 nitrogen and oxygen atoms in total. The molecule has 0 spiro atoms. The van der Waals surface area contributed by atoms with E-state index in [1.807, 2.05) is 0 Å². The van der Waals surface area contributed by atoms with Gasteiger partial charge in [-0.1, -0.05) is 0 Å². The average molecular weight is 775 g/mol. The number of hydrogen-bond acceptors (Lipinski definition) is 0. The molecular formula is C45H56Hf. The van der Waals surface area contributed by atoms with Gasteiger partial charge in [-0.3, -0.25) is 0 Å². The van der Waals surface area contributed by atoms with Crippen molar-refractivity contribution in [2.75, 3.05) is 0 Å². The number of hydrogen-bond donors (Lipinski definition) is 0. The van der Waals surface area contributed by atoms with Gasteiger partial charge in [-0.05, 0) is 0 Å². The van der Waals surface area contributed by atoms with E-state index < -0.39 is 15.1 Å². The van der Waals surface area contributed by atoms with Crippen LogP contribution in [0.3, 0.4) is 0 Å². The van der Waals surface area contributed by atoms with Gasteiger partial charge in [-0.15, -0.1) is 0 Å². The molecule has 2 atom stereocenters. The average Bonchev–Trinajstić information content (AvgIpc) is 3.68. The molecule has 240 valence electrons. The first kappa shape index (κ1) is 33.0. The van der Waals surface area contributed by atoms with Gasteiger partial charge in [0, 0.05) is 0 Å². The Hall–Kier alpha value is -2.90. The fraction of sp³-hybridized carbons (Fsp3) is 0.356. The van der Waals surface area contributed by atoms with Crippen LogP contribution in [0.4, 0.5) is 0 Å². The summed E-state index contributed by atoms with van der Waals surface area (Å²) in [6.07, 6.45) is 10.0. The molecule has 1 heteroatoms. The Morgan fingerprint density at radius 1 is 0.543 bits per heavy atom. The maximum absolute atomic E-state index is 5.74. The summed E-state index contributed by atoms with van der Waals surface area (Å²) in [7, 11) is 0. The fourth-order valence-corrected chi connectivity index (χ4v) is 38.2. The molecule has 0 amide bonds. The van der Waals surface area contributed by atoms with Crippen LogP contribution in [0.1, 0.15) is 96.1 Å². The van der Waals surface area contributed by atoms with Gasteiger partial charge in [0.1, 0.15) is 0 Å². The minimum atomic E-state index is -5.20. The zero-order valence-corrected chi connectivity index (χ0v) is 33.8. The van der Waals surface area contributed by atoms with Crippen molar-refractivity contribution in [3.8, 4) is 22.3 Å². The molecule has 4 aromatic carbocycles. The number of fused-ring (bicyclic) bond motifs is 2. The molecule has 0 heterocycles. The van der Waals surface area contributed by atoms with E-state index in [0.29, 0.717) is 7.35 Å². The third kappa shape index (κ3) is 4.66. The first-order chi connectivity index (χ1) is 21.3. The normalized spacial score (nSPS) is 20.0. The van der Waals surface area contributed by atoms with Crippen molar-refractivity contribution in [2.24, 2.45) is 0 Å². The third-order valence-corrected chi connectivity index (χ3v) is 62.0. The van der Waals surface area contributed by atoms with E-state index in [2.05, 4.69) is 174 Å². The molecule has 6 rings (SSSR count). The predicted molar refractivity (Wildman–Crippen MR) is 205 cm³/mol. The molecule has 0 bridgehead atoms. The van der Waals surface area contributed by atoms with E-state index in [0.717, 1.165) is 8.35 Å². The van der Waals surface area contributed by atoms with Crippen LogP contribution in [0.2, 0.25) is 17.7 Å². The van der Waals surface area contributed by atoms with Crippen LogP contribution in [0.25, 0.3) is 34.4 Å². The summed E-state index contributed by atoms with van der Waals surface area (Å²) >= 11 is -5.20. The second-order valence-electron chi connectivity index (χ2n) is 19.6. The third-order valence-electron chi connectivity index (χ3n) is 14.1. The predicted octanol–water partition coefficient (Wildman–Crippen LogP) is 13.6. The van der Waals surface area contributed by atoms with E-state index in [9.17, 15) is 0 Å². The molecule has 0 aliphatic heterocycles. The topological polar surface area (TPSA) is 0 Å². The fourth-order valence-electron chi connectivity index (χ4n) is 9.16. The van der Waals surface area contributed by atoms with Gasteiger partial charge in [-0.25, -0.2) is 0 Å². The Labute approximate surface area is 273 Å². The SMILES string of the molecule is [CH2]=[Hf]([CH3])([CH3])([CH2]C)([CH2]C)([CH]1C=Cc2c(-c3ccc(C(C)(C)C)cc3)cccc21)[CH]1C=Cc2c(-c3ccc(C(C)(C)C)cc3)cccc21. The van der Waals surface area contributed by atoms with Crippen molar-refractivity contribution in [1.29, 1.82) is 0 Å². The first-order valence-electron chi connectivity index (χ1n) is 17.7. The van der Waals surface area contributed by atoms with Crippen molar-refractivity contribution in [3.63, 3.8) is 0 Å². The molecule has 46 heavy (non-hydrogen) atoms. The molecule has 0 fully saturated rings. The first-order valence-corrected chi connectivity index (χ1v) is 36.6. The Balaban J connectivity index is 1.50. The van der Waals surface area contributed by atoms with Gasteiger partial charge >= 0.3 is 275 Å². The standard InChI is InChI=1S/2C19H19.2C2H5.2CH3.CH2.Hf/c2*1-19(2,3)16-12-10-15(11-13-16)18-9-5-7-14-6-4-8-17(14)18;2*1-2;;;;/h2*4-13H,1-3H3;2*1H2,2H3;2*1H3;1H2;. The van der Waals surface area contributed by atoms with Crippen LogP contribution in [0.5, 0.6) is 0 Å². The van der Waals surface area contributed by atoms with Crippen LogP contribution >= 0.6 is 0 Å². The van der Waals surface area contributed by atoms with Gasteiger partial charge < -0.3 is 0 Å². The molecular weight excluding hydrogens is 719 g/mol. The minimum absolute atomic E-state index is 0.141. The molecule has 0 aromatic heterocycles. The van der Waals surface area contributed by atoms with Crippen molar-refractivity contribution in [1.82, 2.24) is 0 Å². The summed E-state index contributed by atoms with van der Waals surface area (Å²) in [4.78, 5) is 0. The Kier molecular flexibility index (Phi) is 6.89. The van der Waals surface area contributed by atoms with E-state index >= 15 is 0 Å². The van der Waals surface area contributed by atoms with Gasteiger partial charge in [0.25, 0.3) is 0 Å². The summed E-state index contributed by atoms with van der Waals surface area (Å²) in [5.41, 5.74) is 14.0. The molecule has 2 aliphatic rings. The van der Waals surface area contributed by atoms with Crippen molar-refractivity contribution >= 4 is 16.4 Å². The Morgan fingerprint density at radius 3 is 1.20 bits per heavy atom. The van der Waals surface area contributed by atoms with E-state index in [4.69, 9.17) is 4.26 Å². The number of rotatable bonds is 6. The molecule has 0 N–H and O–H groups in total. The maximum atomic E-state index is 5.74. The van der Waals surface area contributed by atoms with Gasteiger partial charge in [0.2, 0.25) is 0 Å². The second kappa shape index (κ2) is 9.59. The molecule has 4 aromatic rings. The van der Waals surface area contributed by atoms with Crippen molar-refractivity contribution in [2.45, 2.75) is 91.3 Å². The summed E-state index contributed by atoms with van der Waals surface area (Å²) in [6, 6.07) is 32.6. The van der Waals surface area contributed by atoms with Crippen LogP contribution in [-0.2, 0) is 25.9 Å². The molecule has 2 aliphatic carbocycles. The summed E-state index contributed by atoms with van der Waals surface area (Å²) in [5.74, 6) is 0. The quantitative estimate of drug-likeness (QED) is 0.171. The molecule has 2 unspecified atom stereocenters. The summed E-state index contributed by atoms with van der Waals surface area (Å²) < 4.78 is 14.0. The Bertz CT molecular complexity index is 1890. The number of allylic oxidation sites excluding steroid dienone is 2. The van der Waals surface area contributed by atoms with Crippen LogP contribution < -0.4 is 0 Å². The van der Waals surface area contributed by atoms with Crippen LogP contribution in [0.15, 0.2) is 97.1 Å². The van der Waals surface area contributed by atoms with Gasteiger partial charge in [-0.2, -0.15) is 0 Å². The van der Waals surface area contributed by atoms with Crippen molar-refractivity contribution < 1.29 is 15.1 Å². The van der Waals surface area contributed by atoms with Crippen molar-refractivity contribution in [3.05, 3.63) is 130 Å².